The Morgan fingerprint density at radius 3 is 2.50 bits per heavy atom. The molecule has 2 aromatic heterocycles. The Morgan fingerprint density at radius 1 is 1.12 bits per heavy atom. The van der Waals surface area contributed by atoms with E-state index in [4.69, 9.17) is 0 Å². The van der Waals surface area contributed by atoms with E-state index in [1.807, 2.05) is 30.1 Å². The van der Waals surface area contributed by atoms with Crippen molar-refractivity contribution in [2.75, 3.05) is 44.7 Å². The summed E-state index contributed by atoms with van der Waals surface area (Å²) in [5.41, 5.74) is 0. The van der Waals surface area contributed by atoms with Gasteiger partial charge in [-0.05, 0) is 12.1 Å². The maximum atomic E-state index is 4.38. The topological polar surface area (TPSA) is 74.5 Å². The zero-order valence-electron chi connectivity index (χ0n) is 13.7. The van der Waals surface area contributed by atoms with Gasteiger partial charge in [-0.25, -0.2) is 9.97 Å². The van der Waals surface area contributed by atoms with Gasteiger partial charge >= 0.3 is 0 Å². The van der Waals surface area contributed by atoms with Gasteiger partial charge in [-0.2, -0.15) is 5.10 Å². The number of piperazine rings is 1. The standard InChI is InChI=1S/C15H22N8.HI/c1-16-14(19-7-9-23-8-3-6-20-23)21-10-12-22(13-11-21)15-17-4-2-5-18-15;/h2-6,8H,7,9-13H2,1H3,(H,16,19);1H. The third-order valence-corrected chi connectivity index (χ3v) is 3.81. The van der Waals surface area contributed by atoms with Crippen molar-refractivity contribution in [1.82, 2.24) is 30.0 Å². The highest BCUT2D eigenvalue weighted by molar-refractivity contribution is 14.0. The maximum Gasteiger partial charge on any atom is 0.225 e. The first kappa shape index (κ1) is 18.4. The molecule has 1 fully saturated rings. The van der Waals surface area contributed by atoms with Crippen molar-refractivity contribution in [3.8, 4) is 0 Å². The number of aromatic nitrogens is 4. The van der Waals surface area contributed by atoms with Crippen LogP contribution in [0, 0.1) is 0 Å². The van der Waals surface area contributed by atoms with Gasteiger partial charge in [0, 0.05) is 64.6 Å². The van der Waals surface area contributed by atoms with E-state index in [-0.39, 0.29) is 24.0 Å². The van der Waals surface area contributed by atoms with Gasteiger partial charge in [-0.15, -0.1) is 24.0 Å². The van der Waals surface area contributed by atoms with Gasteiger partial charge in [0.15, 0.2) is 5.96 Å². The van der Waals surface area contributed by atoms with Crippen LogP contribution < -0.4 is 10.2 Å². The molecule has 0 saturated carbocycles. The fourth-order valence-electron chi connectivity index (χ4n) is 2.62. The second kappa shape index (κ2) is 9.40. The molecular weight excluding hydrogens is 419 g/mol. The predicted octanol–water partition coefficient (Wildman–Crippen LogP) is 0.689. The van der Waals surface area contributed by atoms with Gasteiger partial charge in [0.25, 0.3) is 0 Å². The number of guanidine groups is 1. The second-order valence-electron chi connectivity index (χ2n) is 5.27. The number of nitrogens with one attached hydrogen (secondary N) is 1. The summed E-state index contributed by atoms with van der Waals surface area (Å²) < 4.78 is 1.91. The maximum absolute atomic E-state index is 4.38. The number of aliphatic imine (C=N–C) groups is 1. The second-order valence-corrected chi connectivity index (χ2v) is 5.27. The van der Waals surface area contributed by atoms with Crippen molar-refractivity contribution >= 4 is 35.9 Å². The smallest absolute Gasteiger partial charge is 0.225 e. The lowest BCUT2D eigenvalue weighted by atomic mass is 10.3. The fourth-order valence-corrected chi connectivity index (χ4v) is 2.62. The minimum atomic E-state index is 0. The van der Waals surface area contributed by atoms with E-state index < -0.39 is 0 Å². The van der Waals surface area contributed by atoms with E-state index in [1.54, 1.807) is 18.6 Å². The Hall–Kier alpha value is -1.91. The van der Waals surface area contributed by atoms with Crippen LogP contribution in [0.3, 0.4) is 0 Å². The third kappa shape index (κ3) is 4.79. The van der Waals surface area contributed by atoms with Crippen molar-refractivity contribution in [2.45, 2.75) is 6.54 Å². The Bertz CT molecular complexity index is 608. The quantitative estimate of drug-likeness (QED) is 0.427. The molecule has 8 nitrogen and oxygen atoms in total. The number of nitrogens with zero attached hydrogens (tertiary/aromatic N) is 7. The first-order chi connectivity index (χ1) is 11.4. The van der Waals surface area contributed by atoms with E-state index in [2.05, 4.69) is 35.2 Å². The van der Waals surface area contributed by atoms with Crippen molar-refractivity contribution in [3.63, 3.8) is 0 Å². The highest BCUT2D eigenvalue weighted by Gasteiger charge is 2.20. The van der Waals surface area contributed by atoms with Crippen LogP contribution in [0.25, 0.3) is 0 Å². The summed E-state index contributed by atoms with van der Waals surface area (Å²) in [6.45, 7) is 5.22. The summed E-state index contributed by atoms with van der Waals surface area (Å²) in [5, 5.41) is 7.59. The van der Waals surface area contributed by atoms with Gasteiger partial charge in [-0.1, -0.05) is 0 Å². The molecule has 0 unspecified atom stereocenters. The largest absolute Gasteiger partial charge is 0.354 e. The molecule has 0 spiro atoms. The molecule has 9 heteroatoms. The molecule has 0 amide bonds. The molecule has 2 aromatic rings. The molecule has 1 aliphatic heterocycles. The first-order valence-corrected chi connectivity index (χ1v) is 7.82. The normalized spacial score (nSPS) is 15.1. The average molecular weight is 442 g/mol. The van der Waals surface area contributed by atoms with Crippen molar-refractivity contribution in [1.29, 1.82) is 0 Å². The molecule has 0 aliphatic carbocycles. The number of hydrogen-bond donors (Lipinski definition) is 1. The van der Waals surface area contributed by atoms with Gasteiger partial charge < -0.3 is 15.1 Å². The lowest BCUT2D eigenvalue weighted by Crippen LogP contribution is -2.53. The highest BCUT2D eigenvalue weighted by Crippen LogP contribution is 2.09. The molecule has 24 heavy (non-hydrogen) atoms. The zero-order chi connectivity index (χ0) is 15.9. The predicted molar refractivity (Wildman–Crippen MR) is 105 cm³/mol. The molecule has 0 atom stereocenters. The number of hydrogen-bond acceptors (Lipinski definition) is 5. The number of rotatable bonds is 4. The molecule has 0 radical (unpaired) electrons. The van der Waals surface area contributed by atoms with Crippen molar-refractivity contribution in [2.24, 2.45) is 4.99 Å². The van der Waals surface area contributed by atoms with Crippen LogP contribution in [-0.4, -0.2) is 70.4 Å². The Morgan fingerprint density at radius 2 is 1.88 bits per heavy atom. The Labute approximate surface area is 159 Å². The summed E-state index contributed by atoms with van der Waals surface area (Å²) in [6, 6.07) is 3.77. The lowest BCUT2D eigenvalue weighted by molar-refractivity contribution is 0.369. The Kier molecular flexibility index (Phi) is 7.22. The van der Waals surface area contributed by atoms with Gasteiger partial charge in [0.1, 0.15) is 0 Å². The van der Waals surface area contributed by atoms with Crippen LogP contribution in [0.15, 0.2) is 41.9 Å². The Balaban J connectivity index is 0.00000208. The van der Waals surface area contributed by atoms with Crippen molar-refractivity contribution < 1.29 is 0 Å². The van der Waals surface area contributed by atoms with Crippen LogP contribution in [-0.2, 0) is 6.54 Å². The molecule has 3 rings (SSSR count). The molecule has 3 heterocycles. The molecular formula is C15H23IN8. The molecule has 0 aromatic carbocycles. The van der Waals surface area contributed by atoms with E-state index in [0.717, 1.165) is 51.2 Å². The molecule has 1 saturated heterocycles. The highest BCUT2D eigenvalue weighted by atomic mass is 127. The van der Waals surface area contributed by atoms with E-state index in [1.165, 1.54) is 0 Å². The SMILES string of the molecule is CN=C(NCCn1cccn1)N1CCN(c2ncccn2)CC1.I. The van der Waals surface area contributed by atoms with Crippen LogP contribution in [0.1, 0.15) is 0 Å². The van der Waals surface area contributed by atoms with Crippen LogP contribution >= 0.6 is 24.0 Å². The van der Waals surface area contributed by atoms with Crippen molar-refractivity contribution in [3.05, 3.63) is 36.9 Å². The summed E-state index contributed by atoms with van der Waals surface area (Å²) >= 11 is 0. The first-order valence-electron chi connectivity index (χ1n) is 7.82. The molecule has 1 N–H and O–H groups in total. The monoisotopic (exact) mass is 442 g/mol. The molecule has 1 aliphatic rings. The number of halogens is 1. The van der Waals surface area contributed by atoms with Gasteiger partial charge in [0.05, 0.1) is 6.54 Å². The van der Waals surface area contributed by atoms with E-state index in [9.17, 15) is 0 Å². The third-order valence-electron chi connectivity index (χ3n) is 3.81. The summed E-state index contributed by atoms with van der Waals surface area (Å²) in [5.74, 6) is 1.74. The lowest BCUT2D eigenvalue weighted by Gasteiger charge is -2.36. The van der Waals surface area contributed by atoms with Crippen LogP contribution in [0.5, 0.6) is 0 Å². The minimum Gasteiger partial charge on any atom is -0.354 e. The summed E-state index contributed by atoms with van der Waals surface area (Å²) in [4.78, 5) is 17.5. The zero-order valence-corrected chi connectivity index (χ0v) is 16.1. The van der Waals surface area contributed by atoms with Crippen LogP contribution in [0.4, 0.5) is 5.95 Å². The van der Waals surface area contributed by atoms with Crippen LogP contribution in [0.2, 0.25) is 0 Å². The van der Waals surface area contributed by atoms with E-state index in [0.29, 0.717) is 0 Å². The number of anilines is 1. The van der Waals surface area contributed by atoms with Gasteiger partial charge in [0.2, 0.25) is 5.95 Å². The fraction of sp³-hybridized carbons (Fsp3) is 0.467. The molecule has 130 valence electrons. The summed E-state index contributed by atoms with van der Waals surface area (Å²) in [7, 11) is 1.82. The van der Waals surface area contributed by atoms with E-state index >= 15 is 0 Å². The average Bonchev–Trinajstić information content (AvgIpc) is 3.13. The molecule has 0 bridgehead atoms. The summed E-state index contributed by atoms with van der Waals surface area (Å²) in [6.07, 6.45) is 7.32. The van der Waals surface area contributed by atoms with Gasteiger partial charge in [-0.3, -0.25) is 9.67 Å². The minimum absolute atomic E-state index is 0.